The molecule has 0 bridgehead atoms. The van der Waals surface area contributed by atoms with Crippen molar-refractivity contribution < 1.29 is 19.5 Å². The van der Waals surface area contributed by atoms with Gasteiger partial charge in [-0.1, -0.05) is 30.3 Å². The average molecular weight is 447 g/mol. The Balaban J connectivity index is 1.87. The zero-order chi connectivity index (χ0) is 23.5. The lowest BCUT2D eigenvalue weighted by atomic mass is 10.0. The number of nitrogens with one attached hydrogen (secondary N) is 2. The molecule has 2 aromatic rings. The standard InChI is InChI=1S/C22H30N4O6/c1-14-11-25(20(29)24-19(14)28)18-10-17(16(13-27)23-21(30)31-22(2,3)4)26(32-18)12-15-8-6-5-7-9-15/h5-9,11,16-18,27H,10,12-13H2,1-4H3,(H,23,30)(H,24,28,29)/t16-,17+,18-/m0/s1. The molecule has 1 aliphatic rings. The van der Waals surface area contributed by atoms with Crippen LogP contribution < -0.4 is 16.6 Å². The number of ether oxygens (including phenoxy) is 1. The third kappa shape index (κ3) is 5.84. The molecule has 1 aromatic heterocycles. The van der Waals surface area contributed by atoms with E-state index < -0.39 is 41.3 Å². The number of aryl methyl sites for hydroxylation is 1. The van der Waals surface area contributed by atoms with Crippen LogP contribution in [0.3, 0.4) is 0 Å². The van der Waals surface area contributed by atoms with E-state index in [1.807, 2.05) is 30.3 Å². The molecule has 2 heterocycles. The van der Waals surface area contributed by atoms with Crippen molar-refractivity contribution in [3.8, 4) is 0 Å². The second-order valence-corrected chi connectivity index (χ2v) is 8.84. The van der Waals surface area contributed by atoms with Gasteiger partial charge in [0.1, 0.15) is 5.60 Å². The third-order valence-electron chi connectivity index (χ3n) is 5.07. The predicted molar refractivity (Wildman–Crippen MR) is 117 cm³/mol. The minimum absolute atomic E-state index is 0.291. The molecule has 1 saturated heterocycles. The van der Waals surface area contributed by atoms with Crippen LogP contribution in [0.4, 0.5) is 4.79 Å². The molecule has 1 aliphatic heterocycles. The number of hydrogen-bond donors (Lipinski definition) is 3. The van der Waals surface area contributed by atoms with Crippen LogP contribution in [0.25, 0.3) is 0 Å². The van der Waals surface area contributed by atoms with Crippen molar-refractivity contribution in [1.29, 1.82) is 0 Å². The van der Waals surface area contributed by atoms with Crippen LogP contribution in [-0.4, -0.2) is 50.1 Å². The molecule has 174 valence electrons. The van der Waals surface area contributed by atoms with Crippen molar-refractivity contribution in [2.75, 3.05) is 6.61 Å². The van der Waals surface area contributed by atoms with Crippen molar-refractivity contribution in [2.45, 2.75) is 64.6 Å². The number of benzene rings is 1. The minimum Gasteiger partial charge on any atom is -0.444 e. The molecule has 0 saturated carbocycles. The lowest BCUT2D eigenvalue weighted by Crippen LogP contribution is -2.51. The van der Waals surface area contributed by atoms with Crippen LogP contribution >= 0.6 is 0 Å². The maximum absolute atomic E-state index is 12.4. The van der Waals surface area contributed by atoms with Gasteiger partial charge in [0.15, 0.2) is 6.23 Å². The number of aliphatic hydroxyl groups excluding tert-OH is 1. The maximum Gasteiger partial charge on any atom is 0.408 e. The fourth-order valence-electron chi connectivity index (χ4n) is 3.57. The van der Waals surface area contributed by atoms with Gasteiger partial charge < -0.3 is 15.2 Å². The summed E-state index contributed by atoms with van der Waals surface area (Å²) in [5, 5.41) is 14.4. The highest BCUT2D eigenvalue weighted by atomic mass is 16.7. The molecule has 1 amide bonds. The zero-order valence-corrected chi connectivity index (χ0v) is 18.7. The van der Waals surface area contributed by atoms with Crippen LogP contribution in [-0.2, 0) is 16.1 Å². The van der Waals surface area contributed by atoms with Gasteiger partial charge in [-0.2, -0.15) is 5.06 Å². The number of carbonyl (C=O) groups excluding carboxylic acids is 1. The second-order valence-electron chi connectivity index (χ2n) is 8.84. The number of aromatic amines is 1. The van der Waals surface area contributed by atoms with E-state index in [-0.39, 0.29) is 6.61 Å². The number of alkyl carbamates (subject to hydrolysis) is 1. The molecule has 1 aromatic carbocycles. The SMILES string of the molecule is Cc1cn([C@@H]2C[C@H]([C@H](CO)NC(=O)OC(C)(C)C)N(Cc3ccccc3)O2)c(=O)[nH]c1=O. The summed E-state index contributed by atoms with van der Waals surface area (Å²) in [5.41, 5.74) is -0.411. The summed E-state index contributed by atoms with van der Waals surface area (Å²) in [7, 11) is 0. The Morgan fingerprint density at radius 1 is 1.31 bits per heavy atom. The van der Waals surface area contributed by atoms with E-state index in [1.165, 1.54) is 10.8 Å². The molecule has 0 spiro atoms. The highest BCUT2D eigenvalue weighted by Gasteiger charge is 2.40. The Hall–Kier alpha value is -2.95. The first-order chi connectivity index (χ1) is 15.1. The number of carbonyl (C=O) groups is 1. The minimum atomic E-state index is -0.721. The van der Waals surface area contributed by atoms with Crippen LogP contribution in [0.5, 0.6) is 0 Å². The Bertz CT molecular complexity index is 1040. The molecule has 3 N–H and O–H groups in total. The van der Waals surface area contributed by atoms with E-state index in [9.17, 15) is 19.5 Å². The first-order valence-corrected chi connectivity index (χ1v) is 10.5. The van der Waals surface area contributed by atoms with Gasteiger partial charge in [-0.15, -0.1) is 0 Å². The number of hydrogen-bond acceptors (Lipinski definition) is 7. The Labute approximate surface area is 185 Å². The van der Waals surface area contributed by atoms with E-state index in [2.05, 4.69) is 10.3 Å². The van der Waals surface area contributed by atoms with Gasteiger partial charge >= 0.3 is 11.8 Å². The maximum atomic E-state index is 12.4. The van der Waals surface area contributed by atoms with E-state index in [0.29, 0.717) is 18.5 Å². The second kappa shape index (κ2) is 9.68. The van der Waals surface area contributed by atoms with Crippen LogP contribution in [0.1, 0.15) is 44.5 Å². The van der Waals surface area contributed by atoms with Gasteiger partial charge in [-0.05, 0) is 33.3 Å². The number of aromatic nitrogens is 2. The van der Waals surface area contributed by atoms with Crippen LogP contribution in [0.15, 0.2) is 46.1 Å². The Morgan fingerprint density at radius 2 is 2.00 bits per heavy atom. The molecule has 3 rings (SSSR count). The zero-order valence-electron chi connectivity index (χ0n) is 18.7. The molecule has 10 nitrogen and oxygen atoms in total. The lowest BCUT2D eigenvalue weighted by Gasteiger charge is -2.30. The summed E-state index contributed by atoms with van der Waals surface area (Å²) in [6, 6.07) is 8.39. The van der Waals surface area contributed by atoms with Crippen molar-refractivity contribution in [2.24, 2.45) is 0 Å². The molecular weight excluding hydrogens is 416 g/mol. The predicted octanol–water partition coefficient (Wildman–Crippen LogP) is 1.44. The van der Waals surface area contributed by atoms with E-state index in [0.717, 1.165) is 5.56 Å². The number of nitrogens with zero attached hydrogens (tertiary/aromatic N) is 2. The normalized spacial score (nSPS) is 20.2. The van der Waals surface area contributed by atoms with Gasteiger partial charge in [-0.25, -0.2) is 9.59 Å². The van der Waals surface area contributed by atoms with E-state index in [4.69, 9.17) is 9.57 Å². The lowest BCUT2D eigenvalue weighted by molar-refractivity contribution is -0.194. The van der Waals surface area contributed by atoms with Crippen molar-refractivity contribution in [1.82, 2.24) is 19.9 Å². The molecule has 1 fully saturated rings. The van der Waals surface area contributed by atoms with E-state index >= 15 is 0 Å². The topological polar surface area (TPSA) is 126 Å². The molecule has 32 heavy (non-hydrogen) atoms. The molecule has 0 unspecified atom stereocenters. The Kier molecular flexibility index (Phi) is 7.17. The van der Waals surface area contributed by atoms with Gasteiger partial charge in [0.25, 0.3) is 5.56 Å². The quantitative estimate of drug-likeness (QED) is 0.613. The van der Waals surface area contributed by atoms with Crippen molar-refractivity contribution in [3.63, 3.8) is 0 Å². The van der Waals surface area contributed by atoms with Gasteiger partial charge in [-0.3, -0.25) is 19.2 Å². The number of amides is 1. The fourth-order valence-corrected chi connectivity index (χ4v) is 3.57. The summed E-state index contributed by atoms with van der Waals surface area (Å²) in [6.45, 7) is 6.87. The highest BCUT2D eigenvalue weighted by Crippen LogP contribution is 2.31. The van der Waals surface area contributed by atoms with Gasteiger partial charge in [0.2, 0.25) is 0 Å². The summed E-state index contributed by atoms with van der Waals surface area (Å²) in [5.74, 6) is 0. The Morgan fingerprint density at radius 3 is 2.62 bits per heavy atom. The largest absolute Gasteiger partial charge is 0.444 e. The fraction of sp³-hybridized carbons (Fsp3) is 0.500. The molecule has 3 atom stereocenters. The monoisotopic (exact) mass is 446 g/mol. The number of H-pyrrole nitrogens is 1. The first kappa shape index (κ1) is 23.7. The van der Waals surface area contributed by atoms with Gasteiger partial charge in [0, 0.05) is 24.7 Å². The molecule has 0 radical (unpaired) electrons. The van der Waals surface area contributed by atoms with Crippen molar-refractivity contribution in [3.05, 3.63) is 68.5 Å². The smallest absolute Gasteiger partial charge is 0.408 e. The molecular formula is C22H30N4O6. The third-order valence-corrected chi connectivity index (χ3v) is 5.07. The van der Waals surface area contributed by atoms with Crippen molar-refractivity contribution >= 4 is 6.09 Å². The average Bonchev–Trinajstić information content (AvgIpc) is 3.11. The van der Waals surface area contributed by atoms with Crippen LogP contribution in [0.2, 0.25) is 0 Å². The van der Waals surface area contributed by atoms with E-state index in [1.54, 1.807) is 32.8 Å². The summed E-state index contributed by atoms with van der Waals surface area (Å²) in [4.78, 5) is 44.8. The molecule has 0 aliphatic carbocycles. The number of aliphatic hydroxyl groups is 1. The van der Waals surface area contributed by atoms with Crippen LogP contribution in [0, 0.1) is 6.92 Å². The summed E-state index contributed by atoms with van der Waals surface area (Å²) in [6.07, 6.45) is 0.363. The summed E-state index contributed by atoms with van der Waals surface area (Å²) >= 11 is 0. The summed E-state index contributed by atoms with van der Waals surface area (Å²) < 4.78 is 6.64. The van der Waals surface area contributed by atoms with Gasteiger partial charge in [0.05, 0.1) is 18.7 Å². The number of rotatable bonds is 6. The molecule has 10 heteroatoms. The highest BCUT2D eigenvalue weighted by molar-refractivity contribution is 5.68. The first-order valence-electron chi connectivity index (χ1n) is 10.5. The number of hydroxylamine groups is 2.